The summed E-state index contributed by atoms with van der Waals surface area (Å²) in [4.78, 5) is 22.5. The lowest BCUT2D eigenvalue weighted by atomic mass is 10.1. The predicted octanol–water partition coefficient (Wildman–Crippen LogP) is 14.2. The molecule has 0 saturated carbocycles. The zero-order chi connectivity index (χ0) is 43.0. The van der Waals surface area contributed by atoms with Gasteiger partial charge in [-0.2, -0.15) is 0 Å². The largest absolute Gasteiger partial charge is 0.472 e. The van der Waals surface area contributed by atoms with Gasteiger partial charge in [-0.05, 0) is 96.3 Å². The maximum atomic E-state index is 12.6. The molecule has 2 atom stereocenters. The molecule has 0 rings (SSSR count). The summed E-state index contributed by atoms with van der Waals surface area (Å²) in [6.45, 7) is 4.70. The summed E-state index contributed by atoms with van der Waals surface area (Å²) in [5.74, 6) is -0.378. The van der Waals surface area contributed by atoms with Crippen molar-refractivity contribution in [2.75, 3.05) is 33.0 Å². The lowest BCUT2D eigenvalue weighted by Gasteiger charge is -2.20. The van der Waals surface area contributed by atoms with Gasteiger partial charge in [-0.25, -0.2) is 4.57 Å². The second-order valence-corrected chi connectivity index (χ2v) is 16.3. The fourth-order valence-corrected chi connectivity index (χ4v) is 6.62. The standard InChI is InChI=1S/C50H86NO7P/c1-3-5-7-9-11-13-15-17-19-21-23-24-25-27-29-31-33-35-37-39-41-43-50(52)58-49(48-57-59(53,54)56-46-44-51)47-55-45-42-40-38-36-34-32-30-28-26-22-20-18-16-14-12-10-8-6-4-2/h5,7,11,13-14,16-17,19-20,22-24,27,29,33,35,49H,3-4,6,8-10,12,15,18,21,25-26,28,30-32,34,36-48,51H2,1-2H3,(H,53,54)/b7-5-,13-11-,16-14-,19-17-,22-20-,24-23-,29-27-,35-33-. The van der Waals surface area contributed by atoms with E-state index in [9.17, 15) is 14.3 Å². The topological polar surface area (TPSA) is 117 Å². The molecule has 59 heavy (non-hydrogen) atoms. The summed E-state index contributed by atoms with van der Waals surface area (Å²) < 4.78 is 33.4. The first-order valence-corrected chi connectivity index (χ1v) is 24.7. The third kappa shape index (κ3) is 46.3. The quantitative estimate of drug-likeness (QED) is 0.0270. The number of unbranched alkanes of at least 4 members (excludes halogenated alkanes) is 14. The number of hydrogen-bond donors (Lipinski definition) is 2. The first kappa shape index (κ1) is 56.4. The highest BCUT2D eigenvalue weighted by Gasteiger charge is 2.25. The summed E-state index contributed by atoms with van der Waals surface area (Å²) in [7, 11) is -4.30. The highest BCUT2D eigenvalue weighted by atomic mass is 31.2. The van der Waals surface area contributed by atoms with Crippen LogP contribution in [0.4, 0.5) is 0 Å². The van der Waals surface area contributed by atoms with Crippen molar-refractivity contribution in [3.8, 4) is 0 Å². The zero-order valence-electron chi connectivity index (χ0n) is 37.4. The third-order valence-electron chi connectivity index (χ3n) is 9.24. The van der Waals surface area contributed by atoms with Crippen molar-refractivity contribution >= 4 is 13.8 Å². The van der Waals surface area contributed by atoms with Gasteiger partial charge in [-0.15, -0.1) is 0 Å². The summed E-state index contributed by atoms with van der Waals surface area (Å²) in [5, 5.41) is 0. The van der Waals surface area contributed by atoms with Crippen LogP contribution in [0, 0.1) is 0 Å². The molecular weight excluding hydrogens is 758 g/mol. The Morgan fingerprint density at radius 3 is 1.42 bits per heavy atom. The van der Waals surface area contributed by atoms with Crippen LogP contribution < -0.4 is 5.73 Å². The van der Waals surface area contributed by atoms with Gasteiger partial charge in [0.05, 0.1) is 19.8 Å². The van der Waals surface area contributed by atoms with Gasteiger partial charge in [-0.1, -0.05) is 169 Å². The van der Waals surface area contributed by atoms with Crippen molar-refractivity contribution in [3.63, 3.8) is 0 Å². The summed E-state index contributed by atoms with van der Waals surface area (Å²) in [6, 6.07) is 0. The molecule has 0 fully saturated rings. The van der Waals surface area contributed by atoms with E-state index in [0.29, 0.717) is 13.0 Å². The molecule has 3 N–H and O–H groups in total. The van der Waals surface area contributed by atoms with E-state index in [1.807, 2.05) is 0 Å². The second kappa shape index (κ2) is 46.5. The predicted molar refractivity (Wildman–Crippen MR) is 251 cm³/mol. The van der Waals surface area contributed by atoms with Crippen molar-refractivity contribution < 1.29 is 32.8 Å². The summed E-state index contributed by atoms with van der Waals surface area (Å²) in [6.07, 6.45) is 61.4. The van der Waals surface area contributed by atoms with Crippen LogP contribution in [0.25, 0.3) is 0 Å². The molecule has 0 amide bonds. The van der Waals surface area contributed by atoms with E-state index in [0.717, 1.165) is 70.6 Å². The molecule has 0 saturated heterocycles. The number of phosphoric acid groups is 1. The van der Waals surface area contributed by atoms with Crippen molar-refractivity contribution in [1.82, 2.24) is 0 Å². The molecule has 2 unspecified atom stereocenters. The Labute approximate surface area is 361 Å². The lowest BCUT2D eigenvalue weighted by molar-refractivity contribution is -0.154. The molecule has 9 heteroatoms. The van der Waals surface area contributed by atoms with Gasteiger partial charge in [-0.3, -0.25) is 13.8 Å². The Balaban J connectivity index is 4.13. The fourth-order valence-electron chi connectivity index (χ4n) is 5.85. The van der Waals surface area contributed by atoms with Crippen molar-refractivity contribution in [3.05, 3.63) is 97.2 Å². The molecular formula is C50H86NO7P. The fraction of sp³-hybridized carbons (Fsp3) is 0.660. The van der Waals surface area contributed by atoms with Crippen molar-refractivity contribution in [1.29, 1.82) is 0 Å². The zero-order valence-corrected chi connectivity index (χ0v) is 38.3. The molecule has 0 heterocycles. The minimum Gasteiger partial charge on any atom is -0.457 e. The van der Waals surface area contributed by atoms with Crippen LogP contribution in [0.2, 0.25) is 0 Å². The van der Waals surface area contributed by atoms with Gasteiger partial charge < -0.3 is 20.1 Å². The molecule has 0 spiro atoms. The average molecular weight is 844 g/mol. The number of rotatable bonds is 43. The molecule has 0 aromatic heterocycles. The molecule has 8 nitrogen and oxygen atoms in total. The monoisotopic (exact) mass is 844 g/mol. The molecule has 0 bridgehead atoms. The van der Waals surface area contributed by atoms with E-state index in [1.165, 1.54) is 77.0 Å². The Morgan fingerprint density at radius 1 is 0.525 bits per heavy atom. The molecule has 338 valence electrons. The van der Waals surface area contributed by atoms with Crippen LogP contribution in [-0.4, -0.2) is 49.9 Å². The highest BCUT2D eigenvalue weighted by molar-refractivity contribution is 7.47. The number of esters is 1. The molecule has 0 radical (unpaired) electrons. The Morgan fingerprint density at radius 2 is 0.949 bits per heavy atom. The van der Waals surface area contributed by atoms with Crippen LogP contribution in [0.1, 0.15) is 174 Å². The number of phosphoric ester groups is 1. The van der Waals surface area contributed by atoms with Gasteiger partial charge >= 0.3 is 13.8 Å². The molecule has 0 aliphatic heterocycles. The summed E-state index contributed by atoms with van der Waals surface area (Å²) >= 11 is 0. The van der Waals surface area contributed by atoms with E-state index in [4.69, 9.17) is 24.3 Å². The molecule has 0 aliphatic carbocycles. The Kier molecular flexibility index (Phi) is 44.5. The van der Waals surface area contributed by atoms with Crippen LogP contribution in [-0.2, 0) is 27.9 Å². The minimum atomic E-state index is -4.30. The number of carbonyl (C=O) groups excluding carboxylic acids is 1. The smallest absolute Gasteiger partial charge is 0.457 e. The number of hydrogen-bond acceptors (Lipinski definition) is 7. The van der Waals surface area contributed by atoms with Crippen LogP contribution in [0.15, 0.2) is 97.2 Å². The van der Waals surface area contributed by atoms with Crippen LogP contribution in [0.3, 0.4) is 0 Å². The van der Waals surface area contributed by atoms with Crippen LogP contribution >= 0.6 is 7.82 Å². The highest BCUT2D eigenvalue weighted by Crippen LogP contribution is 2.43. The van der Waals surface area contributed by atoms with E-state index in [-0.39, 0.29) is 38.8 Å². The number of ether oxygens (including phenoxy) is 2. The SMILES string of the molecule is CC/C=C\C/C=C\C/C=C\C/C=C\C/C=C\C/C=C\CCCCC(=O)OC(COCCCCCCCCCC/C=C\C/C=C\CCCCCC)COP(=O)(O)OCCN. The molecule has 0 aromatic carbocycles. The minimum absolute atomic E-state index is 0.0865. The number of nitrogens with two attached hydrogens (primary N) is 1. The van der Waals surface area contributed by atoms with Gasteiger partial charge in [0, 0.05) is 19.6 Å². The lowest BCUT2D eigenvalue weighted by Crippen LogP contribution is -2.28. The van der Waals surface area contributed by atoms with E-state index in [2.05, 4.69) is 111 Å². The van der Waals surface area contributed by atoms with Gasteiger partial charge in [0.1, 0.15) is 6.10 Å². The van der Waals surface area contributed by atoms with E-state index in [1.54, 1.807) is 0 Å². The summed E-state index contributed by atoms with van der Waals surface area (Å²) in [5.41, 5.74) is 5.37. The first-order valence-electron chi connectivity index (χ1n) is 23.2. The Bertz CT molecular complexity index is 1220. The van der Waals surface area contributed by atoms with Crippen molar-refractivity contribution in [2.45, 2.75) is 180 Å². The van der Waals surface area contributed by atoms with Gasteiger partial charge in [0.2, 0.25) is 0 Å². The molecule has 0 aromatic rings. The van der Waals surface area contributed by atoms with Crippen LogP contribution in [0.5, 0.6) is 0 Å². The van der Waals surface area contributed by atoms with E-state index >= 15 is 0 Å². The first-order chi connectivity index (χ1) is 28.9. The van der Waals surface area contributed by atoms with Gasteiger partial charge in [0.25, 0.3) is 0 Å². The number of allylic oxidation sites excluding steroid dienone is 16. The Hall–Kier alpha value is -2.58. The van der Waals surface area contributed by atoms with Gasteiger partial charge in [0.15, 0.2) is 0 Å². The normalized spacial score (nSPS) is 14.3. The van der Waals surface area contributed by atoms with E-state index < -0.39 is 13.9 Å². The third-order valence-corrected chi connectivity index (χ3v) is 10.2. The van der Waals surface area contributed by atoms with Crippen molar-refractivity contribution in [2.24, 2.45) is 5.73 Å². The maximum Gasteiger partial charge on any atom is 0.472 e. The molecule has 0 aliphatic rings. The average Bonchev–Trinajstić information content (AvgIpc) is 3.23. The number of carbonyl (C=O) groups is 1. The maximum absolute atomic E-state index is 12.6. The second-order valence-electron chi connectivity index (χ2n) is 14.9.